The number of nitrogens with zero attached hydrogens (tertiary/aromatic N) is 2. The maximum absolute atomic E-state index is 10.5. The molecule has 1 aromatic rings. The maximum Gasteiger partial charge on any atom is 0.309 e. The van der Waals surface area contributed by atoms with Gasteiger partial charge < -0.3 is 4.74 Å². The Kier molecular flexibility index (Phi) is 2.47. The lowest BCUT2D eigenvalue weighted by atomic mass is 10.4. The van der Waals surface area contributed by atoms with E-state index in [-0.39, 0.29) is 12.0 Å². The van der Waals surface area contributed by atoms with Crippen molar-refractivity contribution in [3.63, 3.8) is 0 Å². The Morgan fingerprint density at radius 3 is 2.75 bits per heavy atom. The number of carbonyl (C=O) groups is 1. The summed E-state index contributed by atoms with van der Waals surface area (Å²) in [6.45, 7) is 5.36. The molecular formula is C8H12N2O2. The van der Waals surface area contributed by atoms with Gasteiger partial charge in [-0.2, -0.15) is 0 Å². The average Bonchev–Trinajstić information content (AvgIpc) is 2.34. The minimum absolute atomic E-state index is 0.286. The molecule has 12 heavy (non-hydrogen) atoms. The van der Waals surface area contributed by atoms with Crippen molar-refractivity contribution in [2.24, 2.45) is 0 Å². The van der Waals surface area contributed by atoms with E-state index in [0.29, 0.717) is 5.88 Å². The number of ether oxygens (including phenoxy) is 1. The molecule has 0 bridgehead atoms. The van der Waals surface area contributed by atoms with Crippen LogP contribution in [0.5, 0.6) is 5.88 Å². The molecule has 1 rings (SSSR count). The quantitative estimate of drug-likeness (QED) is 0.627. The van der Waals surface area contributed by atoms with Gasteiger partial charge in [-0.3, -0.25) is 9.48 Å². The van der Waals surface area contributed by atoms with E-state index in [0.717, 1.165) is 0 Å². The van der Waals surface area contributed by atoms with Crippen molar-refractivity contribution in [2.75, 3.05) is 0 Å². The molecule has 4 nitrogen and oxygen atoms in total. The fourth-order valence-electron chi connectivity index (χ4n) is 0.810. The molecule has 0 aliphatic rings. The second kappa shape index (κ2) is 3.38. The lowest BCUT2D eigenvalue weighted by molar-refractivity contribution is -0.132. The molecule has 1 aromatic heterocycles. The molecule has 0 saturated heterocycles. The summed E-state index contributed by atoms with van der Waals surface area (Å²) in [5.41, 5.74) is 0. The smallest absolute Gasteiger partial charge is 0.309 e. The van der Waals surface area contributed by atoms with Crippen LogP contribution in [0.2, 0.25) is 0 Å². The van der Waals surface area contributed by atoms with Gasteiger partial charge in [0.15, 0.2) is 0 Å². The van der Waals surface area contributed by atoms with E-state index in [4.69, 9.17) is 4.74 Å². The van der Waals surface area contributed by atoms with E-state index in [9.17, 15) is 4.79 Å². The summed E-state index contributed by atoms with van der Waals surface area (Å²) >= 11 is 0. The van der Waals surface area contributed by atoms with Crippen LogP contribution in [0.4, 0.5) is 0 Å². The van der Waals surface area contributed by atoms with Crippen molar-refractivity contribution in [3.05, 3.63) is 12.3 Å². The zero-order valence-electron chi connectivity index (χ0n) is 7.44. The third-order valence-corrected chi connectivity index (χ3v) is 1.36. The minimum atomic E-state index is -0.344. The molecule has 0 saturated carbocycles. The highest BCUT2D eigenvalue weighted by Gasteiger charge is 2.03. The Hall–Kier alpha value is -1.32. The largest absolute Gasteiger partial charge is 0.406 e. The number of hydrogen-bond donors (Lipinski definition) is 0. The Labute approximate surface area is 71.1 Å². The van der Waals surface area contributed by atoms with Gasteiger partial charge in [0.2, 0.25) is 5.88 Å². The molecule has 0 amide bonds. The standard InChI is InChI=1S/C8H12N2O2/c1-6(2)10-5-4-8(9-10)12-7(3)11/h4-6H,1-3H3. The topological polar surface area (TPSA) is 44.1 Å². The Morgan fingerprint density at radius 2 is 2.33 bits per heavy atom. The third-order valence-electron chi connectivity index (χ3n) is 1.36. The van der Waals surface area contributed by atoms with Gasteiger partial charge >= 0.3 is 5.97 Å². The van der Waals surface area contributed by atoms with Gasteiger partial charge in [0.05, 0.1) is 0 Å². The molecule has 1 heterocycles. The number of esters is 1. The fourth-order valence-corrected chi connectivity index (χ4v) is 0.810. The van der Waals surface area contributed by atoms with Crippen LogP contribution in [-0.2, 0) is 4.79 Å². The summed E-state index contributed by atoms with van der Waals surface area (Å²) in [6, 6.07) is 1.95. The Morgan fingerprint density at radius 1 is 1.67 bits per heavy atom. The summed E-state index contributed by atoms with van der Waals surface area (Å²) in [6.07, 6.45) is 1.78. The summed E-state index contributed by atoms with van der Waals surface area (Å²) in [4.78, 5) is 10.5. The van der Waals surface area contributed by atoms with Crippen molar-refractivity contribution in [3.8, 4) is 5.88 Å². The van der Waals surface area contributed by atoms with Gasteiger partial charge in [0.1, 0.15) is 0 Å². The van der Waals surface area contributed by atoms with Crippen LogP contribution >= 0.6 is 0 Å². The van der Waals surface area contributed by atoms with Crippen LogP contribution in [-0.4, -0.2) is 15.7 Å². The van der Waals surface area contributed by atoms with Gasteiger partial charge in [-0.1, -0.05) is 0 Å². The predicted molar refractivity (Wildman–Crippen MR) is 43.9 cm³/mol. The molecule has 0 spiro atoms. The first kappa shape index (κ1) is 8.77. The van der Waals surface area contributed by atoms with Crippen molar-refractivity contribution < 1.29 is 9.53 Å². The average molecular weight is 168 g/mol. The molecule has 0 aliphatic carbocycles. The van der Waals surface area contributed by atoms with Gasteiger partial charge in [0.25, 0.3) is 0 Å². The van der Waals surface area contributed by atoms with Crippen molar-refractivity contribution in [1.29, 1.82) is 0 Å². The zero-order valence-corrected chi connectivity index (χ0v) is 7.44. The lowest BCUT2D eigenvalue weighted by Crippen LogP contribution is -2.04. The van der Waals surface area contributed by atoms with Gasteiger partial charge in [0, 0.05) is 25.2 Å². The van der Waals surface area contributed by atoms with Crippen molar-refractivity contribution in [2.45, 2.75) is 26.8 Å². The van der Waals surface area contributed by atoms with Crippen LogP contribution in [0, 0.1) is 0 Å². The summed E-state index contributed by atoms with van der Waals surface area (Å²) < 4.78 is 6.51. The normalized spacial score (nSPS) is 10.3. The molecule has 0 aliphatic heterocycles. The number of carbonyl (C=O) groups excluding carboxylic acids is 1. The Bertz CT molecular complexity index is 278. The molecule has 4 heteroatoms. The Balaban J connectivity index is 2.70. The molecule has 0 unspecified atom stereocenters. The van der Waals surface area contributed by atoms with Crippen LogP contribution in [0.15, 0.2) is 12.3 Å². The van der Waals surface area contributed by atoms with Crippen molar-refractivity contribution in [1.82, 2.24) is 9.78 Å². The molecule has 0 aromatic carbocycles. The molecule has 0 fully saturated rings. The van der Waals surface area contributed by atoms with E-state index >= 15 is 0 Å². The van der Waals surface area contributed by atoms with Gasteiger partial charge in [-0.25, -0.2) is 0 Å². The lowest BCUT2D eigenvalue weighted by Gasteiger charge is -2.02. The van der Waals surface area contributed by atoms with Gasteiger partial charge in [-0.05, 0) is 13.8 Å². The van der Waals surface area contributed by atoms with Crippen LogP contribution < -0.4 is 4.74 Å². The monoisotopic (exact) mass is 168 g/mol. The van der Waals surface area contributed by atoms with E-state index in [1.807, 2.05) is 13.8 Å². The summed E-state index contributed by atoms with van der Waals surface area (Å²) in [5, 5.41) is 4.02. The maximum atomic E-state index is 10.5. The van der Waals surface area contributed by atoms with E-state index in [1.54, 1.807) is 16.9 Å². The highest BCUT2D eigenvalue weighted by molar-refractivity contribution is 5.68. The van der Waals surface area contributed by atoms with Crippen LogP contribution in [0.25, 0.3) is 0 Å². The fraction of sp³-hybridized carbons (Fsp3) is 0.500. The minimum Gasteiger partial charge on any atom is -0.406 e. The summed E-state index contributed by atoms with van der Waals surface area (Å²) in [7, 11) is 0. The summed E-state index contributed by atoms with van der Waals surface area (Å²) in [5.74, 6) is 0.0141. The first-order valence-corrected chi connectivity index (χ1v) is 3.83. The molecule has 0 radical (unpaired) electrons. The highest BCUT2D eigenvalue weighted by atomic mass is 16.5. The van der Waals surface area contributed by atoms with E-state index < -0.39 is 0 Å². The molecule has 0 atom stereocenters. The van der Waals surface area contributed by atoms with Crippen molar-refractivity contribution >= 4 is 5.97 Å². The first-order chi connectivity index (χ1) is 5.59. The van der Waals surface area contributed by atoms with E-state index in [2.05, 4.69) is 5.10 Å². The number of hydrogen-bond acceptors (Lipinski definition) is 3. The number of aromatic nitrogens is 2. The van der Waals surface area contributed by atoms with Crippen LogP contribution in [0.1, 0.15) is 26.8 Å². The van der Waals surface area contributed by atoms with Crippen LogP contribution in [0.3, 0.4) is 0 Å². The zero-order chi connectivity index (χ0) is 9.14. The van der Waals surface area contributed by atoms with E-state index in [1.165, 1.54) is 6.92 Å². The molecule has 0 N–H and O–H groups in total. The SMILES string of the molecule is CC(=O)Oc1ccn(C(C)C)n1. The molecule has 66 valence electrons. The number of rotatable bonds is 2. The third kappa shape index (κ3) is 2.08. The second-order valence-corrected chi connectivity index (χ2v) is 2.82. The van der Waals surface area contributed by atoms with Gasteiger partial charge in [-0.15, -0.1) is 5.10 Å². The predicted octanol–water partition coefficient (Wildman–Crippen LogP) is 1.39. The molecular weight excluding hydrogens is 156 g/mol. The highest BCUT2D eigenvalue weighted by Crippen LogP contribution is 2.09. The second-order valence-electron chi connectivity index (χ2n) is 2.82. The first-order valence-electron chi connectivity index (χ1n) is 3.83.